The van der Waals surface area contributed by atoms with Crippen molar-refractivity contribution in [3.8, 4) is 0 Å². The topological polar surface area (TPSA) is 60.4 Å². The zero-order valence-electron chi connectivity index (χ0n) is 14.9. The lowest BCUT2D eigenvalue weighted by molar-refractivity contribution is -0.149. The molecule has 4 nitrogen and oxygen atoms in total. The van der Waals surface area contributed by atoms with E-state index in [4.69, 9.17) is 4.74 Å². The highest BCUT2D eigenvalue weighted by molar-refractivity contribution is 7.90. The van der Waals surface area contributed by atoms with Gasteiger partial charge in [-0.25, -0.2) is 8.42 Å². The van der Waals surface area contributed by atoms with Crippen molar-refractivity contribution in [2.45, 2.75) is 37.7 Å². The standard InChI is InChI=1S/C20H23O4S/c1-20(2,3)24-19(21)14-17-8-6-5-7-16(17)13-15-9-11-18(12-10-15)25(4,22)23/h5-12,14H,13H2,1-4H3. The molecule has 0 unspecified atom stereocenters. The Bertz CT molecular complexity index is 844. The highest BCUT2D eigenvalue weighted by Crippen LogP contribution is 2.19. The molecule has 0 aromatic heterocycles. The van der Waals surface area contributed by atoms with Crippen molar-refractivity contribution in [2.75, 3.05) is 6.26 Å². The number of esters is 1. The van der Waals surface area contributed by atoms with Crippen molar-refractivity contribution in [1.82, 2.24) is 0 Å². The molecule has 2 rings (SSSR count). The van der Waals surface area contributed by atoms with Crippen molar-refractivity contribution >= 4 is 15.8 Å². The number of carbonyl (C=O) groups excluding carboxylic acids is 1. The second-order valence-electron chi connectivity index (χ2n) is 6.97. The molecule has 0 amide bonds. The van der Waals surface area contributed by atoms with Crippen LogP contribution < -0.4 is 0 Å². The van der Waals surface area contributed by atoms with Gasteiger partial charge in [0.25, 0.3) is 0 Å². The van der Waals surface area contributed by atoms with E-state index in [0.29, 0.717) is 11.3 Å². The van der Waals surface area contributed by atoms with E-state index in [9.17, 15) is 13.2 Å². The monoisotopic (exact) mass is 359 g/mol. The van der Waals surface area contributed by atoms with Gasteiger partial charge >= 0.3 is 5.97 Å². The van der Waals surface area contributed by atoms with E-state index in [0.717, 1.165) is 16.7 Å². The second kappa shape index (κ2) is 7.40. The lowest BCUT2D eigenvalue weighted by atomic mass is 9.98. The summed E-state index contributed by atoms with van der Waals surface area (Å²) in [5.74, 6) is -0.382. The molecule has 0 heterocycles. The molecule has 0 N–H and O–H groups in total. The molecule has 0 aliphatic carbocycles. The smallest absolute Gasteiger partial charge is 0.315 e. The summed E-state index contributed by atoms with van der Waals surface area (Å²) < 4.78 is 28.4. The Labute approximate surface area is 149 Å². The summed E-state index contributed by atoms with van der Waals surface area (Å²) in [6.07, 6.45) is 3.28. The molecule has 0 fully saturated rings. The number of hydrogen-bond donors (Lipinski definition) is 0. The third kappa shape index (κ3) is 6.02. The molecule has 0 aliphatic rings. The van der Waals surface area contributed by atoms with Gasteiger partial charge in [-0.3, -0.25) is 4.79 Å². The van der Waals surface area contributed by atoms with Crippen LogP contribution in [0, 0.1) is 6.42 Å². The van der Waals surface area contributed by atoms with Crippen molar-refractivity contribution in [2.24, 2.45) is 0 Å². The van der Waals surface area contributed by atoms with Crippen LogP contribution in [-0.4, -0.2) is 26.2 Å². The zero-order valence-corrected chi connectivity index (χ0v) is 15.8. The molecule has 0 atom stereocenters. The minimum Gasteiger partial charge on any atom is -0.459 e. The fourth-order valence-corrected chi connectivity index (χ4v) is 3.00. The van der Waals surface area contributed by atoms with E-state index < -0.39 is 15.4 Å². The van der Waals surface area contributed by atoms with Gasteiger partial charge in [0.1, 0.15) is 5.60 Å². The average molecular weight is 359 g/mol. The number of rotatable bonds is 5. The first-order valence-electron chi connectivity index (χ1n) is 7.99. The highest BCUT2D eigenvalue weighted by Gasteiger charge is 2.18. The molecule has 2 aromatic carbocycles. The van der Waals surface area contributed by atoms with E-state index in [1.165, 1.54) is 12.7 Å². The lowest BCUT2D eigenvalue weighted by Gasteiger charge is -2.19. The Morgan fingerprint density at radius 3 is 2.20 bits per heavy atom. The molecule has 0 spiro atoms. The molecule has 0 saturated heterocycles. The van der Waals surface area contributed by atoms with E-state index in [1.54, 1.807) is 24.3 Å². The minimum absolute atomic E-state index is 0.296. The van der Waals surface area contributed by atoms with E-state index in [1.807, 2.05) is 45.0 Å². The maximum absolute atomic E-state index is 12.0. The number of benzene rings is 2. The van der Waals surface area contributed by atoms with E-state index in [-0.39, 0.29) is 5.97 Å². The Hall–Kier alpha value is -2.14. The van der Waals surface area contributed by atoms with Gasteiger partial charge in [0.05, 0.1) is 11.3 Å². The summed E-state index contributed by atoms with van der Waals surface area (Å²) in [7, 11) is -3.20. The van der Waals surface area contributed by atoms with Gasteiger partial charge in [0.2, 0.25) is 0 Å². The van der Waals surface area contributed by atoms with Gasteiger partial charge < -0.3 is 4.74 Å². The van der Waals surface area contributed by atoms with Crippen LogP contribution in [0.1, 0.15) is 37.5 Å². The normalized spacial score (nSPS) is 12.0. The summed E-state index contributed by atoms with van der Waals surface area (Å²) in [5.41, 5.74) is 2.20. The first kappa shape index (κ1) is 19.2. The summed E-state index contributed by atoms with van der Waals surface area (Å²) in [6, 6.07) is 14.4. The van der Waals surface area contributed by atoms with Gasteiger partial charge in [0, 0.05) is 6.26 Å². The summed E-state index contributed by atoms with van der Waals surface area (Å²) >= 11 is 0. The Kier molecular flexibility index (Phi) is 5.68. The van der Waals surface area contributed by atoms with Gasteiger partial charge in [-0.15, -0.1) is 0 Å². The number of carbonyl (C=O) groups is 1. The maximum Gasteiger partial charge on any atom is 0.315 e. The predicted octanol–water partition coefficient (Wildman–Crippen LogP) is 3.57. The summed E-state index contributed by atoms with van der Waals surface area (Å²) in [6.45, 7) is 5.48. The van der Waals surface area contributed by atoms with Crippen LogP contribution in [0.3, 0.4) is 0 Å². The minimum atomic E-state index is -3.20. The molecule has 25 heavy (non-hydrogen) atoms. The van der Waals surface area contributed by atoms with Crippen LogP contribution in [0.4, 0.5) is 0 Å². The Morgan fingerprint density at radius 2 is 1.64 bits per heavy atom. The van der Waals surface area contributed by atoms with Gasteiger partial charge in [-0.1, -0.05) is 36.4 Å². The third-order valence-electron chi connectivity index (χ3n) is 3.48. The summed E-state index contributed by atoms with van der Waals surface area (Å²) in [5, 5.41) is 0. The van der Waals surface area contributed by atoms with Crippen LogP contribution in [0.2, 0.25) is 0 Å². The molecule has 133 valence electrons. The summed E-state index contributed by atoms with van der Waals surface area (Å²) in [4.78, 5) is 12.3. The lowest BCUT2D eigenvalue weighted by Crippen LogP contribution is -2.24. The first-order chi connectivity index (χ1) is 11.5. The first-order valence-corrected chi connectivity index (χ1v) is 9.88. The number of sulfone groups is 1. The largest absolute Gasteiger partial charge is 0.459 e. The van der Waals surface area contributed by atoms with Crippen LogP contribution >= 0.6 is 0 Å². The predicted molar refractivity (Wildman–Crippen MR) is 98.0 cm³/mol. The van der Waals surface area contributed by atoms with Crippen molar-refractivity contribution in [3.63, 3.8) is 0 Å². The van der Waals surface area contributed by atoms with E-state index >= 15 is 0 Å². The quantitative estimate of drug-likeness (QED) is 0.766. The Balaban J connectivity index is 2.17. The van der Waals surface area contributed by atoms with Gasteiger partial charge in [-0.2, -0.15) is 0 Å². The van der Waals surface area contributed by atoms with Crippen molar-refractivity contribution in [3.05, 3.63) is 71.6 Å². The molecule has 0 bridgehead atoms. The number of ether oxygens (including phenoxy) is 1. The molecule has 1 radical (unpaired) electrons. The SMILES string of the molecule is CC(C)(C)OC(=O)[CH]c1ccccc1Cc1ccc(S(C)(=O)=O)cc1. The Morgan fingerprint density at radius 1 is 1.04 bits per heavy atom. The molecule has 5 heteroatoms. The zero-order chi connectivity index (χ0) is 18.7. The van der Waals surface area contributed by atoms with Crippen molar-refractivity contribution < 1.29 is 17.9 Å². The fourth-order valence-electron chi connectivity index (χ4n) is 2.37. The molecular formula is C20H23O4S. The molecule has 0 saturated carbocycles. The highest BCUT2D eigenvalue weighted by atomic mass is 32.2. The maximum atomic E-state index is 12.0. The molecule has 2 aromatic rings. The molecule has 0 aliphatic heterocycles. The van der Waals surface area contributed by atoms with Gasteiger partial charge in [-0.05, 0) is 56.0 Å². The second-order valence-corrected chi connectivity index (χ2v) is 8.99. The van der Waals surface area contributed by atoms with E-state index in [2.05, 4.69) is 0 Å². The van der Waals surface area contributed by atoms with Crippen molar-refractivity contribution in [1.29, 1.82) is 0 Å². The molecular weight excluding hydrogens is 336 g/mol. The number of hydrogen-bond acceptors (Lipinski definition) is 4. The van der Waals surface area contributed by atoms with Crippen LogP contribution in [-0.2, 0) is 25.8 Å². The fraction of sp³-hybridized carbons (Fsp3) is 0.300. The average Bonchev–Trinajstić information content (AvgIpc) is 2.47. The van der Waals surface area contributed by atoms with Crippen LogP contribution in [0.15, 0.2) is 53.4 Å². The van der Waals surface area contributed by atoms with Crippen LogP contribution in [0.25, 0.3) is 0 Å². The van der Waals surface area contributed by atoms with Gasteiger partial charge in [0.15, 0.2) is 9.84 Å². The van der Waals surface area contributed by atoms with Crippen LogP contribution in [0.5, 0.6) is 0 Å². The third-order valence-corrected chi connectivity index (χ3v) is 4.61.